The van der Waals surface area contributed by atoms with Crippen LogP contribution in [0.5, 0.6) is 5.75 Å². The summed E-state index contributed by atoms with van der Waals surface area (Å²) in [5.74, 6) is 1.96. The van der Waals surface area contributed by atoms with E-state index in [2.05, 4.69) is 35.9 Å². The lowest BCUT2D eigenvalue weighted by atomic mass is 9.90. The summed E-state index contributed by atoms with van der Waals surface area (Å²) in [6.07, 6.45) is 6.86. The van der Waals surface area contributed by atoms with Gasteiger partial charge in [0.25, 0.3) is 0 Å². The summed E-state index contributed by atoms with van der Waals surface area (Å²) in [4.78, 5) is 18.0. The molecule has 4 heterocycles. The Balaban J connectivity index is 1.16. The van der Waals surface area contributed by atoms with Crippen LogP contribution in [0.1, 0.15) is 18.1 Å². The highest BCUT2D eigenvalue weighted by molar-refractivity contribution is 5.78. The second-order valence-corrected chi connectivity index (χ2v) is 9.70. The first-order valence-corrected chi connectivity index (χ1v) is 12.7. The molecule has 1 aliphatic rings. The van der Waals surface area contributed by atoms with E-state index in [0.29, 0.717) is 17.1 Å². The van der Waals surface area contributed by atoms with Crippen molar-refractivity contribution in [2.45, 2.75) is 12.5 Å². The van der Waals surface area contributed by atoms with Gasteiger partial charge in [-0.1, -0.05) is 24.3 Å². The summed E-state index contributed by atoms with van der Waals surface area (Å²) in [5.41, 5.74) is 2.87. The smallest absolute Gasteiger partial charge is 0.225 e. The second-order valence-electron chi connectivity index (χ2n) is 9.70. The van der Waals surface area contributed by atoms with E-state index in [1.165, 1.54) is 12.1 Å². The van der Waals surface area contributed by atoms with Crippen LogP contribution in [0.4, 0.5) is 16.2 Å². The Morgan fingerprint density at radius 2 is 1.51 bits per heavy atom. The average Bonchev–Trinajstić information content (AvgIpc) is 3.42. The van der Waals surface area contributed by atoms with E-state index < -0.39 is 5.60 Å². The largest absolute Gasteiger partial charge is 0.497 e. The van der Waals surface area contributed by atoms with Crippen LogP contribution in [0.25, 0.3) is 16.6 Å². The van der Waals surface area contributed by atoms with E-state index in [1.54, 1.807) is 44.9 Å². The van der Waals surface area contributed by atoms with Gasteiger partial charge in [0, 0.05) is 55.9 Å². The molecule has 0 amide bonds. The number of nitrogens with zero attached hydrogens (tertiary/aromatic N) is 7. The van der Waals surface area contributed by atoms with Crippen molar-refractivity contribution in [1.82, 2.24) is 24.6 Å². The zero-order valence-electron chi connectivity index (χ0n) is 21.7. The van der Waals surface area contributed by atoms with Crippen molar-refractivity contribution in [2.75, 3.05) is 43.1 Å². The predicted molar refractivity (Wildman–Crippen MR) is 147 cm³/mol. The van der Waals surface area contributed by atoms with Crippen LogP contribution in [0.2, 0.25) is 0 Å². The molecule has 1 saturated heterocycles. The maximum atomic E-state index is 13.3. The molecule has 3 aromatic heterocycles. The van der Waals surface area contributed by atoms with Crippen LogP contribution >= 0.6 is 0 Å². The van der Waals surface area contributed by atoms with Crippen molar-refractivity contribution in [3.8, 4) is 16.9 Å². The number of fused-ring (bicyclic) bond motifs is 1. The Morgan fingerprint density at radius 3 is 2.18 bits per heavy atom. The minimum atomic E-state index is -1.33. The second kappa shape index (κ2) is 9.95. The van der Waals surface area contributed by atoms with Gasteiger partial charge < -0.3 is 19.6 Å². The molecule has 5 aromatic rings. The van der Waals surface area contributed by atoms with E-state index in [1.807, 2.05) is 35.0 Å². The van der Waals surface area contributed by atoms with Crippen LogP contribution in [0.3, 0.4) is 0 Å². The Morgan fingerprint density at radius 1 is 0.846 bits per heavy atom. The fourth-order valence-electron chi connectivity index (χ4n) is 4.90. The average molecular weight is 526 g/mol. The zero-order chi connectivity index (χ0) is 27.0. The van der Waals surface area contributed by atoms with Crippen molar-refractivity contribution in [3.63, 3.8) is 0 Å². The van der Waals surface area contributed by atoms with Gasteiger partial charge in [-0.05, 0) is 48.4 Å². The third kappa shape index (κ3) is 4.74. The van der Waals surface area contributed by atoms with Gasteiger partial charge in [0.05, 0.1) is 7.11 Å². The van der Waals surface area contributed by atoms with Gasteiger partial charge in [-0.2, -0.15) is 5.10 Å². The quantitative estimate of drug-likeness (QED) is 0.357. The van der Waals surface area contributed by atoms with Crippen LogP contribution in [-0.2, 0) is 5.60 Å². The van der Waals surface area contributed by atoms with Crippen molar-refractivity contribution in [2.24, 2.45) is 0 Å². The molecular weight excluding hydrogens is 497 g/mol. The number of piperazine rings is 1. The lowest BCUT2D eigenvalue weighted by molar-refractivity contribution is 0.101. The number of hydrogen-bond acceptors (Lipinski definition) is 8. The Labute approximate surface area is 225 Å². The van der Waals surface area contributed by atoms with E-state index in [4.69, 9.17) is 4.74 Å². The first-order valence-electron chi connectivity index (χ1n) is 12.7. The van der Waals surface area contributed by atoms with E-state index in [9.17, 15) is 9.50 Å². The predicted octanol–water partition coefficient (Wildman–Crippen LogP) is 3.92. The Hall–Kier alpha value is -4.57. The molecule has 1 N–H and O–H groups in total. The van der Waals surface area contributed by atoms with E-state index >= 15 is 0 Å². The number of halogens is 1. The molecule has 0 radical (unpaired) electrons. The molecule has 10 heteroatoms. The minimum absolute atomic E-state index is 0.349. The third-order valence-electron chi connectivity index (χ3n) is 7.28. The molecule has 0 aliphatic carbocycles. The molecule has 39 heavy (non-hydrogen) atoms. The van der Waals surface area contributed by atoms with Crippen LogP contribution in [0, 0.1) is 5.82 Å². The van der Waals surface area contributed by atoms with Gasteiger partial charge in [-0.3, -0.25) is 0 Å². The van der Waals surface area contributed by atoms with E-state index in [0.717, 1.165) is 54.4 Å². The number of rotatable bonds is 6. The zero-order valence-corrected chi connectivity index (χ0v) is 21.7. The summed E-state index contributed by atoms with van der Waals surface area (Å²) in [5, 5.41) is 15.5. The molecule has 1 fully saturated rings. The van der Waals surface area contributed by atoms with E-state index in [-0.39, 0.29) is 5.82 Å². The highest BCUT2D eigenvalue weighted by atomic mass is 19.1. The highest BCUT2D eigenvalue weighted by Crippen LogP contribution is 2.30. The number of benzene rings is 2. The maximum absolute atomic E-state index is 13.3. The highest BCUT2D eigenvalue weighted by Gasteiger charge is 2.28. The number of hydrogen-bond donors (Lipinski definition) is 1. The number of aliphatic hydroxyl groups is 1. The maximum Gasteiger partial charge on any atom is 0.225 e. The van der Waals surface area contributed by atoms with Crippen molar-refractivity contribution in [3.05, 3.63) is 96.5 Å². The van der Waals surface area contributed by atoms with Crippen LogP contribution < -0.4 is 14.5 Å². The number of aromatic nitrogens is 5. The molecule has 0 bridgehead atoms. The molecule has 0 unspecified atom stereocenters. The Bertz CT molecular complexity index is 1580. The number of ether oxygens (including phenoxy) is 1. The van der Waals surface area contributed by atoms with Crippen molar-refractivity contribution < 1.29 is 14.2 Å². The fraction of sp³-hybridized carbons (Fsp3) is 0.241. The van der Waals surface area contributed by atoms with Gasteiger partial charge in [-0.15, -0.1) is 0 Å². The SMILES string of the molecule is COc1ccc(-c2cc3c(N4CCN(c5ncc([C@@](C)(O)c6ccc(F)cc6)cn5)CC4)ncnn3c2)cc1. The minimum Gasteiger partial charge on any atom is -0.497 e. The number of anilines is 2. The molecule has 2 aromatic carbocycles. The van der Waals surface area contributed by atoms with Crippen molar-refractivity contribution >= 4 is 17.3 Å². The first kappa shape index (κ1) is 24.7. The summed E-state index contributed by atoms with van der Waals surface area (Å²) in [7, 11) is 1.66. The molecule has 0 spiro atoms. The summed E-state index contributed by atoms with van der Waals surface area (Å²) in [6, 6.07) is 15.9. The van der Waals surface area contributed by atoms with Crippen molar-refractivity contribution in [1.29, 1.82) is 0 Å². The molecule has 1 atom stereocenters. The van der Waals surface area contributed by atoms with Gasteiger partial charge in [0.2, 0.25) is 5.95 Å². The molecule has 1 aliphatic heterocycles. The molecular formula is C29H28FN7O2. The Kier molecular flexibility index (Phi) is 6.32. The fourth-order valence-corrected chi connectivity index (χ4v) is 4.90. The third-order valence-corrected chi connectivity index (χ3v) is 7.28. The monoisotopic (exact) mass is 525 g/mol. The normalized spacial score (nSPS) is 15.4. The standard InChI is InChI=1S/C29H28FN7O2/c1-29(38,22-5-7-24(30)8-6-22)23-16-31-28(32-17-23)36-13-11-35(12-14-36)27-26-15-21(18-37(26)34-19-33-27)20-3-9-25(39-2)10-4-20/h3-10,15-19,38H,11-14H2,1-2H3/t29-/m0/s1. The van der Waals surface area contributed by atoms with Crippen LogP contribution in [0.15, 0.2) is 79.5 Å². The molecule has 6 rings (SSSR count). The lowest BCUT2D eigenvalue weighted by Gasteiger charge is -2.35. The lowest BCUT2D eigenvalue weighted by Crippen LogP contribution is -2.47. The van der Waals surface area contributed by atoms with Crippen LogP contribution in [-0.4, -0.2) is 63.0 Å². The summed E-state index contributed by atoms with van der Waals surface area (Å²) < 4.78 is 20.5. The van der Waals surface area contributed by atoms with Gasteiger partial charge in [0.1, 0.15) is 29.0 Å². The summed E-state index contributed by atoms with van der Waals surface area (Å²) >= 11 is 0. The van der Waals surface area contributed by atoms with Gasteiger partial charge >= 0.3 is 0 Å². The summed E-state index contributed by atoms with van der Waals surface area (Å²) in [6.45, 7) is 4.58. The topological polar surface area (TPSA) is 91.9 Å². The number of methoxy groups -OCH3 is 1. The molecule has 0 saturated carbocycles. The molecule has 198 valence electrons. The first-order chi connectivity index (χ1) is 18.9. The van der Waals surface area contributed by atoms with Gasteiger partial charge in [-0.25, -0.2) is 23.9 Å². The van der Waals surface area contributed by atoms with Gasteiger partial charge in [0.15, 0.2) is 5.82 Å². The molecule has 9 nitrogen and oxygen atoms in total.